The first-order valence-electron chi connectivity index (χ1n) is 6.07. The van der Waals surface area contributed by atoms with Gasteiger partial charge in [-0.3, -0.25) is 0 Å². The largest absolute Gasteiger partial charge is 0.513 e. The number of allylic oxidation sites excluding steroid dienone is 6. The molecule has 92 valence electrons. The average molecular weight is 222 g/mol. The molecule has 16 heavy (non-hydrogen) atoms. The van der Waals surface area contributed by atoms with Crippen LogP contribution in [0.25, 0.3) is 0 Å². The number of hydrogen-bond acceptors (Lipinski definition) is 1. The van der Waals surface area contributed by atoms with Crippen LogP contribution in [0.2, 0.25) is 0 Å². The Balaban J connectivity index is 3.88. The van der Waals surface area contributed by atoms with Crippen molar-refractivity contribution in [3.8, 4) is 0 Å². The fourth-order valence-corrected chi connectivity index (χ4v) is 1.41. The predicted molar refractivity (Wildman–Crippen MR) is 72.7 cm³/mol. The second-order valence-corrected chi connectivity index (χ2v) is 4.78. The van der Waals surface area contributed by atoms with Gasteiger partial charge < -0.3 is 5.11 Å². The van der Waals surface area contributed by atoms with Crippen LogP contribution in [-0.2, 0) is 0 Å². The molecule has 0 fully saturated rings. The van der Waals surface area contributed by atoms with E-state index in [-0.39, 0.29) is 0 Å². The van der Waals surface area contributed by atoms with E-state index < -0.39 is 0 Å². The molecule has 0 aliphatic heterocycles. The van der Waals surface area contributed by atoms with E-state index >= 15 is 0 Å². The zero-order valence-electron chi connectivity index (χ0n) is 11.4. The molecule has 0 atom stereocenters. The van der Waals surface area contributed by atoms with Gasteiger partial charge in [-0.05, 0) is 65.9 Å². The molecule has 0 aliphatic rings. The lowest BCUT2D eigenvalue weighted by Crippen LogP contribution is -1.83. The van der Waals surface area contributed by atoms with Crippen molar-refractivity contribution in [2.24, 2.45) is 0 Å². The van der Waals surface area contributed by atoms with Crippen molar-refractivity contribution >= 4 is 0 Å². The summed E-state index contributed by atoms with van der Waals surface area (Å²) < 4.78 is 0. The molecule has 0 saturated carbocycles. The molecule has 0 unspecified atom stereocenters. The van der Waals surface area contributed by atoms with Gasteiger partial charge in [0.05, 0.1) is 5.76 Å². The van der Waals surface area contributed by atoms with E-state index in [4.69, 9.17) is 0 Å². The second-order valence-electron chi connectivity index (χ2n) is 4.78. The number of rotatable bonds is 6. The molecule has 0 bridgehead atoms. The first-order chi connectivity index (χ1) is 7.43. The normalized spacial score (nSPS) is 13.4. The number of aliphatic hydroxyl groups is 1. The molecule has 0 aromatic heterocycles. The van der Waals surface area contributed by atoms with Crippen LogP contribution < -0.4 is 0 Å². The topological polar surface area (TPSA) is 20.2 Å². The summed E-state index contributed by atoms with van der Waals surface area (Å²) >= 11 is 0. The van der Waals surface area contributed by atoms with Gasteiger partial charge >= 0.3 is 0 Å². The SMILES string of the molecule is CC(C)=CCCC(C)=CCCC(C)=C(C)O. The third-order valence-corrected chi connectivity index (χ3v) is 2.72. The summed E-state index contributed by atoms with van der Waals surface area (Å²) in [5, 5.41) is 9.24. The average Bonchev–Trinajstić information content (AvgIpc) is 2.16. The highest BCUT2D eigenvalue weighted by molar-refractivity contribution is 5.06. The Labute approximate surface area is 101 Å². The fourth-order valence-electron chi connectivity index (χ4n) is 1.41. The van der Waals surface area contributed by atoms with Crippen molar-refractivity contribution in [2.75, 3.05) is 0 Å². The Morgan fingerprint density at radius 1 is 0.875 bits per heavy atom. The van der Waals surface area contributed by atoms with Crippen molar-refractivity contribution in [3.05, 3.63) is 34.6 Å². The van der Waals surface area contributed by atoms with E-state index in [9.17, 15) is 5.11 Å². The molecule has 0 radical (unpaired) electrons. The van der Waals surface area contributed by atoms with E-state index in [1.165, 1.54) is 11.1 Å². The minimum atomic E-state index is 0.468. The zero-order valence-corrected chi connectivity index (χ0v) is 11.4. The van der Waals surface area contributed by atoms with Crippen LogP contribution in [0.5, 0.6) is 0 Å². The molecule has 0 aromatic carbocycles. The quantitative estimate of drug-likeness (QED) is 0.477. The van der Waals surface area contributed by atoms with Gasteiger partial charge in [0, 0.05) is 0 Å². The molecule has 0 saturated heterocycles. The Kier molecular flexibility index (Phi) is 7.70. The standard InChI is InChI=1S/C15H26O/c1-12(2)8-6-9-13(3)10-7-11-14(4)15(5)16/h8,10,16H,6-7,9,11H2,1-5H3. The highest BCUT2D eigenvalue weighted by Gasteiger charge is 1.94. The van der Waals surface area contributed by atoms with Gasteiger partial charge in [0.15, 0.2) is 0 Å². The summed E-state index contributed by atoms with van der Waals surface area (Å²) in [5.74, 6) is 0.468. The van der Waals surface area contributed by atoms with Crippen LogP contribution in [0, 0.1) is 0 Å². The molecule has 0 heterocycles. The number of aliphatic hydroxyl groups excluding tert-OH is 1. The van der Waals surface area contributed by atoms with Crippen molar-refractivity contribution in [2.45, 2.75) is 60.3 Å². The minimum absolute atomic E-state index is 0.468. The Morgan fingerprint density at radius 3 is 1.94 bits per heavy atom. The molecule has 0 rings (SSSR count). The summed E-state index contributed by atoms with van der Waals surface area (Å²) in [4.78, 5) is 0. The molecular weight excluding hydrogens is 196 g/mol. The maximum absolute atomic E-state index is 9.24. The van der Waals surface area contributed by atoms with Gasteiger partial charge in [0.2, 0.25) is 0 Å². The summed E-state index contributed by atoms with van der Waals surface area (Å²) in [6.45, 7) is 10.2. The highest BCUT2D eigenvalue weighted by Crippen LogP contribution is 2.12. The van der Waals surface area contributed by atoms with Gasteiger partial charge in [0.25, 0.3) is 0 Å². The Morgan fingerprint density at radius 2 is 1.44 bits per heavy atom. The maximum Gasteiger partial charge on any atom is 0.0881 e. The Hall–Kier alpha value is -0.980. The van der Waals surface area contributed by atoms with Crippen LogP contribution in [0.3, 0.4) is 0 Å². The summed E-state index contributed by atoms with van der Waals surface area (Å²) in [7, 11) is 0. The molecule has 1 heteroatoms. The summed E-state index contributed by atoms with van der Waals surface area (Å²) in [5.41, 5.74) is 3.93. The first kappa shape index (κ1) is 15.0. The molecule has 0 aliphatic carbocycles. The van der Waals surface area contributed by atoms with E-state index in [0.29, 0.717) is 5.76 Å². The lowest BCUT2D eigenvalue weighted by Gasteiger charge is -2.02. The second kappa shape index (κ2) is 8.20. The Bertz CT molecular complexity index is 285. The summed E-state index contributed by atoms with van der Waals surface area (Å²) in [6, 6.07) is 0. The molecule has 0 spiro atoms. The van der Waals surface area contributed by atoms with Gasteiger partial charge in [-0.1, -0.05) is 23.3 Å². The fraction of sp³-hybridized carbons (Fsp3) is 0.600. The van der Waals surface area contributed by atoms with Crippen LogP contribution in [0.1, 0.15) is 60.3 Å². The third kappa shape index (κ3) is 8.34. The van der Waals surface area contributed by atoms with Gasteiger partial charge in [-0.25, -0.2) is 0 Å². The predicted octanol–water partition coefficient (Wildman–Crippen LogP) is 5.31. The lowest BCUT2D eigenvalue weighted by molar-refractivity contribution is 0.404. The van der Waals surface area contributed by atoms with E-state index in [1.54, 1.807) is 6.92 Å². The van der Waals surface area contributed by atoms with Crippen LogP contribution in [-0.4, -0.2) is 5.11 Å². The third-order valence-electron chi connectivity index (χ3n) is 2.72. The van der Waals surface area contributed by atoms with Crippen molar-refractivity contribution < 1.29 is 5.11 Å². The van der Waals surface area contributed by atoms with Gasteiger partial charge in [0.1, 0.15) is 0 Å². The number of hydrogen-bond donors (Lipinski definition) is 1. The van der Waals surface area contributed by atoms with Crippen LogP contribution in [0.4, 0.5) is 0 Å². The lowest BCUT2D eigenvalue weighted by atomic mass is 10.1. The van der Waals surface area contributed by atoms with Crippen LogP contribution in [0.15, 0.2) is 34.6 Å². The van der Waals surface area contributed by atoms with E-state index in [2.05, 4.69) is 32.9 Å². The van der Waals surface area contributed by atoms with Gasteiger partial charge in [-0.2, -0.15) is 0 Å². The zero-order chi connectivity index (χ0) is 12.6. The van der Waals surface area contributed by atoms with Crippen molar-refractivity contribution in [1.82, 2.24) is 0 Å². The summed E-state index contributed by atoms with van der Waals surface area (Å²) in [6.07, 6.45) is 8.84. The first-order valence-corrected chi connectivity index (χ1v) is 6.07. The monoisotopic (exact) mass is 222 g/mol. The molecule has 1 nitrogen and oxygen atoms in total. The maximum atomic E-state index is 9.24. The molecule has 0 aromatic rings. The molecule has 1 N–H and O–H groups in total. The van der Waals surface area contributed by atoms with Gasteiger partial charge in [-0.15, -0.1) is 0 Å². The molecule has 0 amide bonds. The highest BCUT2D eigenvalue weighted by atomic mass is 16.3. The van der Waals surface area contributed by atoms with Crippen LogP contribution >= 0.6 is 0 Å². The van der Waals surface area contributed by atoms with Crippen molar-refractivity contribution in [3.63, 3.8) is 0 Å². The van der Waals surface area contributed by atoms with E-state index in [0.717, 1.165) is 31.3 Å². The smallest absolute Gasteiger partial charge is 0.0881 e. The molecular formula is C15H26O. The minimum Gasteiger partial charge on any atom is -0.513 e. The van der Waals surface area contributed by atoms with Crippen molar-refractivity contribution in [1.29, 1.82) is 0 Å². The van der Waals surface area contributed by atoms with E-state index in [1.807, 2.05) is 6.92 Å².